The first-order valence-corrected chi connectivity index (χ1v) is 9.92. The number of halogens is 1. The normalized spacial score (nSPS) is 20.9. The highest BCUT2D eigenvalue weighted by Gasteiger charge is 2.51. The van der Waals surface area contributed by atoms with Gasteiger partial charge in [-0.15, -0.1) is 0 Å². The number of hydrogen-bond acceptors (Lipinski definition) is 6. The van der Waals surface area contributed by atoms with Crippen LogP contribution in [0.5, 0.6) is 5.75 Å². The fourth-order valence-corrected chi connectivity index (χ4v) is 3.32. The standard InChI is InChI=1S/C20H25BClN3O3/c1-19(2)20(3,4)28-21(27-19)15-5-7-17(8-6-15)26-13-14-11-25(12-14)18-23-9-16(22)10-24-18/h5-10,14H,11-13H2,1-4H3. The van der Waals surface area contributed by atoms with Gasteiger partial charge < -0.3 is 18.9 Å². The largest absolute Gasteiger partial charge is 0.494 e. The topological polar surface area (TPSA) is 56.7 Å². The van der Waals surface area contributed by atoms with Crippen molar-refractivity contribution < 1.29 is 14.0 Å². The number of ether oxygens (including phenoxy) is 1. The summed E-state index contributed by atoms with van der Waals surface area (Å²) in [5.74, 6) is 2.02. The van der Waals surface area contributed by atoms with Crippen molar-refractivity contribution in [2.75, 3.05) is 24.6 Å². The average molecular weight is 402 g/mol. The van der Waals surface area contributed by atoms with Gasteiger partial charge in [-0.05, 0) is 45.3 Å². The Kier molecular flexibility index (Phi) is 5.02. The third-order valence-corrected chi connectivity index (χ3v) is 5.93. The third kappa shape index (κ3) is 3.84. The van der Waals surface area contributed by atoms with Crippen LogP contribution in [0.25, 0.3) is 0 Å². The molecule has 2 aliphatic rings. The third-order valence-electron chi connectivity index (χ3n) is 5.74. The van der Waals surface area contributed by atoms with Crippen LogP contribution in [0.2, 0.25) is 5.02 Å². The van der Waals surface area contributed by atoms with Gasteiger partial charge in [0.05, 0.1) is 35.2 Å². The molecule has 2 saturated heterocycles. The van der Waals surface area contributed by atoms with E-state index in [0.717, 1.165) is 24.3 Å². The van der Waals surface area contributed by atoms with Gasteiger partial charge in [0.25, 0.3) is 0 Å². The van der Waals surface area contributed by atoms with Gasteiger partial charge in [0, 0.05) is 19.0 Å². The van der Waals surface area contributed by atoms with E-state index in [4.69, 9.17) is 25.6 Å². The molecule has 0 radical (unpaired) electrons. The Hall–Kier alpha value is -1.83. The van der Waals surface area contributed by atoms with Crippen LogP contribution in [0.3, 0.4) is 0 Å². The lowest BCUT2D eigenvalue weighted by atomic mass is 9.79. The molecule has 0 spiro atoms. The number of hydrogen-bond donors (Lipinski definition) is 0. The number of anilines is 1. The molecule has 6 nitrogen and oxygen atoms in total. The predicted octanol–water partition coefficient (Wildman–Crippen LogP) is 2.94. The first kappa shape index (κ1) is 19.5. The van der Waals surface area contributed by atoms with Gasteiger partial charge in [-0.3, -0.25) is 0 Å². The SMILES string of the molecule is CC1(C)OB(c2ccc(OCC3CN(c4ncc(Cl)cn4)C3)cc2)OC1(C)C. The number of nitrogens with zero attached hydrogens (tertiary/aromatic N) is 3. The Labute approximate surface area is 171 Å². The zero-order valence-electron chi connectivity index (χ0n) is 16.7. The Balaban J connectivity index is 1.26. The summed E-state index contributed by atoms with van der Waals surface area (Å²) in [6.07, 6.45) is 3.24. The first-order chi connectivity index (χ1) is 13.2. The molecule has 1 aromatic carbocycles. The minimum Gasteiger partial charge on any atom is -0.493 e. The summed E-state index contributed by atoms with van der Waals surface area (Å²) >= 11 is 5.82. The van der Waals surface area contributed by atoms with Crippen LogP contribution < -0.4 is 15.1 Å². The molecular formula is C20H25BClN3O3. The molecule has 0 unspecified atom stereocenters. The zero-order chi connectivity index (χ0) is 19.9. The molecule has 2 aliphatic heterocycles. The minimum atomic E-state index is -0.349. The van der Waals surface area contributed by atoms with Crippen molar-refractivity contribution in [3.05, 3.63) is 41.7 Å². The number of aromatic nitrogens is 2. The van der Waals surface area contributed by atoms with E-state index in [1.807, 2.05) is 24.3 Å². The lowest BCUT2D eigenvalue weighted by Crippen LogP contribution is -2.50. The van der Waals surface area contributed by atoms with Crippen molar-refractivity contribution in [3.63, 3.8) is 0 Å². The van der Waals surface area contributed by atoms with Crippen LogP contribution in [0.4, 0.5) is 5.95 Å². The van der Waals surface area contributed by atoms with E-state index in [1.165, 1.54) is 0 Å². The molecule has 0 N–H and O–H groups in total. The molecule has 148 valence electrons. The van der Waals surface area contributed by atoms with Crippen LogP contribution >= 0.6 is 11.6 Å². The second kappa shape index (κ2) is 7.21. The van der Waals surface area contributed by atoms with Crippen LogP contribution in [0, 0.1) is 5.92 Å². The molecule has 0 atom stereocenters. The highest BCUT2D eigenvalue weighted by molar-refractivity contribution is 6.62. The molecule has 0 saturated carbocycles. The van der Waals surface area contributed by atoms with E-state index in [-0.39, 0.29) is 18.3 Å². The zero-order valence-corrected chi connectivity index (χ0v) is 17.4. The smallest absolute Gasteiger partial charge is 0.493 e. The first-order valence-electron chi connectivity index (χ1n) is 9.54. The highest BCUT2D eigenvalue weighted by atomic mass is 35.5. The second-order valence-corrected chi connectivity index (χ2v) is 8.88. The maximum atomic E-state index is 6.09. The van der Waals surface area contributed by atoms with Gasteiger partial charge in [-0.25, -0.2) is 9.97 Å². The van der Waals surface area contributed by atoms with E-state index in [2.05, 4.69) is 42.6 Å². The van der Waals surface area contributed by atoms with Crippen molar-refractivity contribution >= 4 is 30.1 Å². The molecule has 8 heteroatoms. The van der Waals surface area contributed by atoms with Gasteiger partial charge in [-0.2, -0.15) is 0 Å². The summed E-state index contributed by atoms with van der Waals surface area (Å²) in [6, 6.07) is 7.95. The molecule has 2 aromatic rings. The molecule has 3 heterocycles. The van der Waals surface area contributed by atoms with Gasteiger partial charge in [0.15, 0.2) is 0 Å². The van der Waals surface area contributed by atoms with Crippen molar-refractivity contribution in [1.82, 2.24) is 9.97 Å². The lowest BCUT2D eigenvalue weighted by molar-refractivity contribution is 0.00578. The van der Waals surface area contributed by atoms with E-state index < -0.39 is 0 Å². The summed E-state index contributed by atoms with van der Waals surface area (Å²) in [5.41, 5.74) is 0.328. The van der Waals surface area contributed by atoms with Gasteiger partial charge >= 0.3 is 7.12 Å². The molecule has 4 rings (SSSR count). The molecule has 2 fully saturated rings. The number of rotatable bonds is 5. The summed E-state index contributed by atoms with van der Waals surface area (Å²) in [5, 5.41) is 0.549. The van der Waals surface area contributed by atoms with E-state index in [0.29, 0.717) is 23.5 Å². The molecule has 0 amide bonds. The highest BCUT2D eigenvalue weighted by Crippen LogP contribution is 2.36. The van der Waals surface area contributed by atoms with Crippen molar-refractivity contribution in [2.24, 2.45) is 5.92 Å². The van der Waals surface area contributed by atoms with E-state index >= 15 is 0 Å². The molecule has 1 aromatic heterocycles. The second-order valence-electron chi connectivity index (χ2n) is 8.44. The lowest BCUT2D eigenvalue weighted by Gasteiger charge is -2.38. The molecule has 28 heavy (non-hydrogen) atoms. The fourth-order valence-electron chi connectivity index (χ4n) is 3.22. The predicted molar refractivity (Wildman–Crippen MR) is 110 cm³/mol. The van der Waals surface area contributed by atoms with Crippen LogP contribution in [0.15, 0.2) is 36.7 Å². The van der Waals surface area contributed by atoms with Gasteiger partial charge in [0.1, 0.15) is 5.75 Å². The molecule has 0 bridgehead atoms. The molecule has 0 aliphatic carbocycles. The Morgan fingerprint density at radius 3 is 2.21 bits per heavy atom. The summed E-state index contributed by atoms with van der Waals surface area (Å²) in [4.78, 5) is 10.6. The minimum absolute atomic E-state index is 0.337. The fraction of sp³-hybridized carbons (Fsp3) is 0.500. The quantitative estimate of drug-likeness (QED) is 0.718. The maximum absolute atomic E-state index is 6.09. The monoisotopic (exact) mass is 401 g/mol. The molecular weight excluding hydrogens is 377 g/mol. The summed E-state index contributed by atoms with van der Waals surface area (Å²) in [7, 11) is -0.349. The van der Waals surface area contributed by atoms with E-state index in [1.54, 1.807) is 12.4 Å². The van der Waals surface area contributed by atoms with Gasteiger partial charge in [-0.1, -0.05) is 23.7 Å². The van der Waals surface area contributed by atoms with Crippen LogP contribution in [-0.4, -0.2) is 48.0 Å². The van der Waals surface area contributed by atoms with Gasteiger partial charge in [0.2, 0.25) is 5.95 Å². The maximum Gasteiger partial charge on any atom is 0.494 e. The summed E-state index contributed by atoms with van der Waals surface area (Å²) in [6.45, 7) is 10.7. The van der Waals surface area contributed by atoms with Crippen LogP contribution in [0.1, 0.15) is 27.7 Å². The Morgan fingerprint density at radius 2 is 1.64 bits per heavy atom. The van der Waals surface area contributed by atoms with Crippen molar-refractivity contribution in [1.29, 1.82) is 0 Å². The Bertz CT molecular complexity index is 808. The Morgan fingerprint density at radius 1 is 1.07 bits per heavy atom. The average Bonchev–Trinajstić information content (AvgIpc) is 2.83. The summed E-state index contributed by atoms with van der Waals surface area (Å²) < 4.78 is 18.1. The number of benzene rings is 1. The van der Waals surface area contributed by atoms with Crippen molar-refractivity contribution in [3.8, 4) is 5.75 Å². The van der Waals surface area contributed by atoms with E-state index in [9.17, 15) is 0 Å². The van der Waals surface area contributed by atoms with Crippen LogP contribution in [-0.2, 0) is 9.31 Å². The van der Waals surface area contributed by atoms with Crippen molar-refractivity contribution in [2.45, 2.75) is 38.9 Å².